The van der Waals surface area contributed by atoms with Gasteiger partial charge in [-0.25, -0.2) is 0 Å². The molecule has 28 heavy (non-hydrogen) atoms. The van der Waals surface area contributed by atoms with E-state index in [1.54, 1.807) is 0 Å². The van der Waals surface area contributed by atoms with Gasteiger partial charge in [-0.1, -0.05) is 0 Å². The van der Waals surface area contributed by atoms with Crippen LogP contribution in [0.4, 0.5) is 0 Å². The molecule has 0 aliphatic carbocycles. The maximum atomic E-state index is 6.39. The molecule has 0 atom stereocenters. The van der Waals surface area contributed by atoms with Crippen molar-refractivity contribution in [2.45, 2.75) is 39.8 Å². The minimum Gasteiger partial charge on any atom is -0.185 e. The summed E-state index contributed by atoms with van der Waals surface area (Å²) in [6.45, 7) is 7.69. The highest BCUT2D eigenvalue weighted by Gasteiger charge is 2.66. The molecule has 3 rings (SSSR count). The highest BCUT2D eigenvalue weighted by molar-refractivity contribution is 8.24. The molecule has 0 amide bonds. The van der Waals surface area contributed by atoms with Crippen molar-refractivity contribution in [3.63, 3.8) is 0 Å². The summed E-state index contributed by atoms with van der Waals surface area (Å²) in [5.41, 5.74) is 0. The van der Waals surface area contributed by atoms with Gasteiger partial charge in [0, 0.05) is 12.1 Å². The highest BCUT2D eigenvalue weighted by atomic mass is 35.9. The molecule has 3 heterocycles. The van der Waals surface area contributed by atoms with Crippen molar-refractivity contribution in [2.75, 3.05) is 0 Å². The van der Waals surface area contributed by atoms with Gasteiger partial charge in [-0.15, -0.1) is 0 Å². The second-order valence-corrected chi connectivity index (χ2v) is 32.1. The van der Waals surface area contributed by atoms with Gasteiger partial charge in [-0.05, 0) is 118 Å². The van der Waals surface area contributed by atoms with Crippen LogP contribution >= 0.6 is 129 Å². The van der Waals surface area contributed by atoms with Crippen LogP contribution in [-0.4, -0.2) is 21.0 Å². The van der Waals surface area contributed by atoms with Crippen LogP contribution in [-0.2, 0) is 0 Å². The third kappa shape index (κ3) is 4.73. The zero-order valence-electron chi connectivity index (χ0n) is 14.4. The molecule has 0 aromatic heterocycles. The number of hydrogen-bond acceptors (Lipinski definition) is 8. The van der Waals surface area contributed by atoms with Gasteiger partial charge in [-0.3, -0.25) is 0 Å². The maximum absolute atomic E-state index is 6.39. The Hall–Kier alpha value is 3.62. The fourth-order valence-corrected chi connectivity index (χ4v) is 39.7. The van der Waals surface area contributed by atoms with E-state index in [9.17, 15) is 0 Å². The van der Waals surface area contributed by atoms with Crippen LogP contribution in [0.3, 0.4) is 0 Å². The molecule has 164 valence electrons. The molecule has 0 saturated carbocycles. The van der Waals surface area contributed by atoms with Crippen molar-refractivity contribution < 1.29 is 0 Å². The molecule has 3 aliphatic heterocycles. The van der Waals surface area contributed by atoms with E-state index in [2.05, 4.69) is 27.1 Å². The lowest BCUT2D eigenvalue weighted by atomic mass is 10.4. The van der Waals surface area contributed by atoms with Crippen molar-refractivity contribution in [1.82, 2.24) is 8.88 Å². The zero-order valence-corrected chi connectivity index (χ0v) is 25.9. The summed E-state index contributed by atoms with van der Waals surface area (Å²) in [5.74, 6) is -12.7. The largest absolute Gasteiger partial charge is 0.257 e. The van der Waals surface area contributed by atoms with Crippen LogP contribution in [0.1, 0.15) is 27.7 Å². The molecule has 0 aromatic rings. The fourth-order valence-electron chi connectivity index (χ4n) is 2.99. The predicted molar refractivity (Wildman–Crippen MR) is 137 cm³/mol. The maximum Gasteiger partial charge on any atom is 0.257 e. The Balaban J connectivity index is 2.48. The van der Waals surface area contributed by atoms with Gasteiger partial charge in [0.25, 0.3) is 23.6 Å². The molecule has 3 aliphatic rings. The van der Waals surface area contributed by atoms with Gasteiger partial charge >= 0.3 is 0 Å². The molecule has 1 fully saturated rings. The molecule has 0 unspecified atom stereocenters. The third-order valence-electron chi connectivity index (χ3n) is 3.36. The van der Waals surface area contributed by atoms with Gasteiger partial charge < -0.3 is 0 Å². The van der Waals surface area contributed by atoms with Gasteiger partial charge in [0.05, 0.1) is 0 Å². The standard InChI is InChI=1S/C6H14Cl8N8P6/c1-5(2)21-27(17-23(7,8)15-24(9,10)18-27)22(6(3)4)28(21)19-25(11,12)16-26(13,14)20-28/h5-6H,1-4H3. The SMILES string of the molecule is CC(C)N1P2(=NP(Cl)(Cl)=NP(Cl)(Cl)=N2)N(C(C)C)P12=NP(Cl)(Cl)=NP(Cl)(Cl)=N2. The Morgan fingerprint density at radius 1 is 0.464 bits per heavy atom. The topological polar surface area (TPSA) is 80.6 Å². The van der Waals surface area contributed by atoms with Crippen molar-refractivity contribution >= 4 is 129 Å². The van der Waals surface area contributed by atoms with Crippen molar-refractivity contribution in [3.05, 3.63) is 0 Å². The summed E-state index contributed by atoms with van der Waals surface area (Å²) in [7, 11) is -5.94. The molecular formula is C6H14Cl8N8P6. The van der Waals surface area contributed by atoms with Gasteiger partial charge in [-0.2, -0.15) is 36.0 Å². The van der Waals surface area contributed by atoms with Crippen molar-refractivity contribution in [3.8, 4) is 0 Å². The number of rotatable bonds is 2. The van der Waals surface area contributed by atoms with Crippen molar-refractivity contribution in [2.24, 2.45) is 27.1 Å². The summed E-state index contributed by atoms with van der Waals surface area (Å²) >= 11 is 51.1. The Kier molecular flexibility index (Phi) is 7.58. The first-order valence-corrected chi connectivity index (χ1v) is 24.6. The quantitative estimate of drug-likeness (QED) is 0.275. The van der Waals surface area contributed by atoms with E-state index in [1.807, 2.05) is 36.6 Å². The molecule has 2 spiro atoms. The normalized spacial score (nSPS) is 31.1. The molecular weight excluding hydrogens is 654 g/mol. The average molecular weight is 668 g/mol. The van der Waals surface area contributed by atoms with Crippen LogP contribution in [0.25, 0.3) is 0 Å². The second-order valence-electron chi connectivity index (χ2n) is 6.26. The Bertz CT molecular complexity index is 938. The van der Waals surface area contributed by atoms with Gasteiger partial charge in [0.15, 0.2) is 0 Å². The Morgan fingerprint density at radius 2 is 0.714 bits per heavy atom. The molecule has 0 bridgehead atoms. The summed E-state index contributed by atoms with van der Waals surface area (Å²) in [6.07, 6.45) is 0. The van der Waals surface area contributed by atoms with Crippen LogP contribution in [0.2, 0.25) is 0 Å². The lowest BCUT2D eigenvalue weighted by Gasteiger charge is -2.62. The minimum absolute atomic E-state index is 0.170. The third-order valence-corrected chi connectivity index (χ3v) is 30.8. The predicted octanol–water partition coefficient (Wildman–Crippen LogP) is 13.0. The van der Waals surface area contributed by atoms with E-state index in [0.29, 0.717) is 0 Å². The highest BCUT2D eigenvalue weighted by Crippen LogP contribution is 3.02. The summed E-state index contributed by atoms with van der Waals surface area (Å²) in [4.78, 5) is 0. The first kappa shape index (κ1) is 26.2. The molecule has 8 nitrogen and oxygen atoms in total. The van der Waals surface area contributed by atoms with Crippen molar-refractivity contribution in [1.29, 1.82) is 0 Å². The lowest BCUT2D eigenvalue weighted by molar-refractivity contribution is 0.410. The minimum atomic E-state index is -3.18. The van der Waals surface area contributed by atoms with E-state index >= 15 is 0 Å². The van der Waals surface area contributed by atoms with Crippen LogP contribution in [0, 0.1) is 0 Å². The summed E-state index contributed by atoms with van der Waals surface area (Å²) in [6, 6.07) is -0.340. The first-order chi connectivity index (χ1) is 12.4. The summed E-state index contributed by atoms with van der Waals surface area (Å²) < 4.78 is 30.6. The van der Waals surface area contributed by atoms with E-state index in [0.717, 1.165) is 0 Å². The Labute approximate surface area is 202 Å². The summed E-state index contributed by atoms with van der Waals surface area (Å²) in [5, 5.41) is 0. The monoisotopic (exact) mass is 664 g/mol. The van der Waals surface area contributed by atoms with Gasteiger partial charge in [0.1, 0.15) is 0 Å². The number of hydrogen-bond donors (Lipinski definition) is 0. The molecule has 22 heteroatoms. The van der Waals surface area contributed by atoms with E-state index in [-0.39, 0.29) is 12.1 Å². The van der Waals surface area contributed by atoms with Crippen LogP contribution in [0.5, 0.6) is 0 Å². The molecule has 0 N–H and O–H groups in total. The van der Waals surface area contributed by atoms with E-state index < -0.39 is 38.7 Å². The fraction of sp³-hybridized carbons (Fsp3) is 1.00. The van der Waals surface area contributed by atoms with Crippen LogP contribution < -0.4 is 0 Å². The molecule has 1 saturated heterocycles. The second kappa shape index (κ2) is 8.09. The molecule has 0 aromatic carbocycles. The van der Waals surface area contributed by atoms with Gasteiger partial charge in [0.2, 0.25) is 15.0 Å². The smallest absolute Gasteiger partial charge is 0.185 e. The lowest BCUT2D eigenvalue weighted by Crippen LogP contribution is -2.47. The molecule has 0 radical (unpaired) electrons. The van der Waals surface area contributed by atoms with Crippen LogP contribution in [0.15, 0.2) is 27.1 Å². The zero-order chi connectivity index (χ0) is 21.6. The van der Waals surface area contributed by atoms with E-state index in [4.69, 9.17) is 89.9 Å². The average Bonchev–Trinajstić information content (AvgIpc) is 2.26. The number of halogens is 8. The Morgan fingerprint density at radius 3 is 0.929 bits per heavy atom. The first-order valence-electron chi connectivity index (χ1n) is 7.38. The van der Waals surface area contributed by atoms with E-state index in [1.165, 1.54) is 0 Å². The number of nitrogens with zero attached hydrogens (tertiary/aromatic N) is 8.